The Kier molecular flexibility index (Phi) is 3.78. The van der Waals surface area contributed by atoms with Gasteiger partial charge in [0.05, 0.1) is 5.69 Å². The summed E-state index contributed by atoms with van der Waals surface area (Å²) < 4.78 is 0. The van der Waals surface area contributed by atoms with Gasteiger partial charge >= 0.3 is 0 Å². The molecule has 5 heteroatoms. The summed E-state index contributed by atoms with van der Waals surface area (Å²) in [5.74, 6) is 0.653. The monoisotopic (exact) mass is 320 g/mol. The summed E-state index contributed by atoms with van der Waals surface area (Å²) in [5, 5.41) is 0. The molecule has 0 bridgehead atoms. The second-order valence-corrected chi connectivity index (χ2v) is 6.36. The fraction of sp³-hybridized carbons (Fsp3) is 0.263. The number of aryl methyl sites for hydroxylation is 1. The number of hydrogen-bond acceptors (Lipinski definition) is 3. The van der Waals surface area contributed by atoms with Crippen LogP contribution in [0, 0.1) is 6.92 Å². The van der Waals surface area contributed by atoms with Crippen LogP contribution in [-0.4, -0.2) is 26.4 Å². The van der Waals surface area contributed by atoms with E-state index < -0.39 is 0 Å². The highest BCUT2D eigenvalue weighted by Gasteiger charge is 2.21. The van der Waals surface area contributed by atoms with Crippen LogP contribution in [-0.2, 0) is 19.5 Å². The number of H-pyrrole nitrogens is 2. The van der Waals surface area contributed by atoms with Gasteiger partial charge in [0, 0.05) is 42.7 Å². The second-order valence-electron chi connectivity index (χ2n) is 6.36. The zero-order chi connectivity index (χ0) is 16.5. The highest BCUT2D eigenvalue weighted by atomic mass is 16.1. The largest absolute Gasteiger partial charge is 0.364 e. The Bertz CT molecular complexity index is 894. The highest BCUT2D eigenvalue weighted by molar-refractivity contribution is 5.55. The van der Waals surface area contributed by atoms with Crippen molar-refractivity contribution >= 4 is 0 Å². The summed E-state index contributed by atoms with van der Waals surface area (Å²) in [6.07, 6.45) is 2.68. The quantitative estimate of drug-likeness (QED) is 0.780. The molecule has 1 aliphatic rings. The summed E-state index contributed by atoms with van der Waals surface area (Å²) in [7, 11) is 0. The van der Waals surface area contributed by atoms with Crippen molar-refractivity contribution in [2.24, 2.45) is 0 Å². The third-order valence-electron chi connectivity index (χ3n) is 4.53. The third-order valence-corrected chi connectivity index (χ3v) is 4.53. The third kappa shape index (κ3) is 2.90. The molecule has 122 valence electrons. The minimum Gasteiger partial charge on any atom is -0.364 e. The predicted octanol–water partition coefficient (Wildman–Crippen LogP) is 2.63. The van der Waals surface area contributed by atoms with Crippen molar-refractivity contribution in [3.63, 3.8) is 0 Å². The zero-order valence-electron chi connectivity index (χ0n) is 13.7. The average Bonchev–Trinajstić information content (AvgIpc) is 3.08. The number of fused-ring (bicyclic) bond motifs is 1. The lowest BCUT2D eigenvalue weighted by Gasteiger charge is -2.27. The van der Waals surface area contributed by atoms with Gasteiger partial charge in [0.2, 0.25) is 0 Å². The van der Waals surface area contributed by atoms with Crippen LogP contribution in [0.3, 0.4) is 0 Å². The SMILES string of the molecule is Cc1ccc(-c2nc3c(c(=O)[nH]2)CCN(Cc2ccc[nH]2)C3)cc1. The fourth-order valence-electron chi connectivity index (χ4n) is 3.18. The van der Waals surface area contributed by atoms with Gasteiger partial charge in [0.25, 0.3) is 5.56 Å². The minimum absolute atomic E-state index is 0.00454. The normalized spacial score (nSPS) is 14.5. The van der Waals surface area contributed by atoms with Crippen LogP contribution in [0.1, 0.15) is 22.5 Å². The van der Waals surface area contributed by atoms with Crippen molar-refractivity contribution in [1.29, 1.82) is 0 Å². The molecular formula is C19H20N4O. The predicted molar refractivity (Wildman–Crippen MR) is 93.6 cm³/mol. The van der Waals surface area contributed by atoms with E-state index in [4.69, 9.17) is 4.98 Å². The first-order chi connectivity index (χ1) is 11.7. The molecule has 3 heterocycles. The molecule has 0 amide bonds. The molecule has 0 radical (unpaired) electrons. The van der Waals surface area contributed by atoms with E-state index in [1.165, 1.54) is 11.3 Å². The standard InChI is InChI=1S/C19H20N4O/c1-13-4-6-14(7-5-13)18-21-17-12-23(11-15-3-2-9-20-15)10-8-16(17)19(24)22-18/h2-7,9,20H,8,10-12H2,1H3,(H,21,22,24). The van der Waals surface area contributed by atoms with Gasteiger partial charge in [-0.15, -0.1) is 0 Å². The summed E-state index contributed by atoms with van der Waals surface area (Å²) in [5.41, 5.74) is 5.04. The van der Waals surface area contributed by atoms with Crippen LogP contribution in [0.4, 0.5) is 0 Å². The van der Waals surface area contributed by atoms with Crippen molar-refractivity contribution in [3.05, 3.63) is 75.5 Å². The molecule has 3 aromatic rings. The van der Waals surface area contributed by atoms with Crippen LogP contribution in [0.25, 0.3) is 11.4 Å². The molecule has 4 rings (SSSR count). The van der Waals surface area contributed by atoms with Crippen LogP contribution in [0.15, 0.2) is 47.4 Å². The first kappa shape index (κ1) is 14.9. The van der Waals surface area contributed by atoms with E-state index in [-0.39, 0.29) is 5.56 Å². The summed E-state index contributed by atoms with van der Waals surface area (Å²) in [6, 6.07) is 12.2. The van der Waals surface area contributed by atoms with E-state index in [2.05, 4.69) is 20.9 Å². The molecule has 0 atom stereocenters. The maximum Gasteiger partial charge on any atom is 0.254 e. The van der Waals surface area contributed by atoms with Crippen molar-refractivity contribution in [3.8, 4) is 11.4 Å². The topological polar surface area (TPSA) is 64.8 Å². The van der Waals surface area contributed by atoms with E-state index in [9.17, 15) is 4.79 Å². The number of aromatic nitrogens is 3. The molecule has 1 aromatic carbocycles. The Hall–Kier alpha value is -2.66. The van der Waals surface area contributed by atoms with E-state index in [1.54, 1.807) is 0 Å². The number of nitrogens with one attached hydrogen (secondary N) is 2. The minimum atomic E-state index is -0.00454. The lowest BCUT2D eigenvalue weighted by atomic mass is 10.1. The maximum absolute atomic E-state index is 12.4. The lowest BCUT2D eigenvalue weighted by molar-refractivity contribution is 0.238. The van der Waals surface area contributed by atoms with Gasteiger partial charge in [0.1, 0.15) is 5.82 Å². The first-order valence-corrected chi connectivity index (χ1v) is 8.23. The van der Waals surface area contributed by atoms with Crippen LogP contribution in [0.5, 0.6) is 0 Å². The fourth-order valence-corrected chi connectivity index (χ4v) is 3.18. The maximum atomic E-state index is 12.4. The van der Waals surface area contributed by atoms with Gasteiger partial charge in [-0.05, 0) is 25.5 Å². The Morgan fingerprint density at radius 2 is 2.04 bits per heavy atom. The van der Waals surface area contributed by atoms with Gasteiger partial charge in [-0.3, -0.25) is 9.69 Å². The molecule has 1 aliphatic heterocycles. The van der Waals surface area contributed by atoms with Crippen LogP contribution < -0.4 is 5.56 Å². The zero-order valence-corrected chi connectivity index (χ0v) is 13.7. The van der Waals surface area contributed by atoms with Crippen molar-refractivity contribution in [2.75, 3.05) is 6.54 Å². The number of hydrogen-bond donors (Lipinski definition) is 2. The van der Waals surface area contributed by atoms with Crippen molar-refractivity contribution < 1.29 is 0 Å². The molecule has 0 aliphatic carbocycles. The van der Waals surface area contributed by atoms with Gasteiger partial charge in [-0.25, -0.2) is 4.98 Å². The molecule has 0 fully saturated rings. The number of benzene rings is 1. The summed E-state index contributed by atoms with van der Waals surface area (Å²) in [4.78, 5) is 25.7. The highest BCUT2D eigenvalue weighted by Crippen LogP contribution is 2.20. The number of rotatable bonds is 3. The van der Waals surface area contributed by atoms with Gasteiger partial charge in [0.15, 0.2) is 0 Å². The van der Waals surface area contributed by atoms with Gasteiger partial charge in [-0.2, -0.15) is 0 Å². The van der Waals surface area contributed by atoms with Crippen LogP contribution in [0.2, 0.25) is 0 Å². The molecule has 5 nitrogen and oxygen atoms in total. The Morgan fingerprint density at radius 3 is 2.79 bits per heavy atom. The molecule has 0 spiro atoms. The summed E-state index contributed by atoms with van der Waals surface area (Å²) >= 11 is 0. The molecule has 24 heavy (non-hydrogen) atoms. The second kappa shape index (κ2) is 6.09. The van der Waals surface area contributed by atoms with Crippen LogP contribution >= 0.6 is 0 Å². The average molecular weight is 320 g/mol. The number of aromatic amines is 2. The molecule has 0 saturated carbocycles. The molecular weight excluding hydrogens is 300 g/mol. The van der Waals surface area contributed by atoms with E-state index >= 15 is 0 Å². The smallest absolute Gasteiger partial charge is 0.254 e. The van der Waals surface area contributed by atoms with E-state index in [0.29, 0.717) is 12.4 Å². The Morgan fingerprint density at radius 1 is 1.21 bits per heavy atom. The van der Waals surface area contributed by atoms with E-state index in [1.807, 2.05) is 43.5 Å². The van der Waals surface area contributed by atoms with Crippen molar-refractivity contribution in [2.45, 2.75) is 26.4 Å². The summed E-state index contributed by atoms with van der Waals surface area (Å²) in [6.45, 7) is 4.48. The first-order valence-electron chi connectivity index (χ1n) is 8.23. The van der Waals surface area contributed by atoms with Gasteiger partial charge < -0.3 is 9.97 Å². The Balaban J connectivity index is 1.64. The number of nitrogens with zero attached hydrogens (tertiary/aromatic N) is 2. The van der Waals surface area contributed by atoms with E-state index in [0.717, 1.165) is 36.3 Å². The molecule has 2 aromatic heterocycles. The van der Waals surface area contributed by atoms with Crippen molar-refractivity contribution in [1.82, 2.24) is 19.9 Å². The molecule has 0 saturated heterocycles. The van der Waals surface area contributed by atoms with Gasteiger partial charge in [-0.1, -0.05) is 29.8 Å². The molecule has 0 unspecified atom stereocenters. The molecule has 2 N–H and O–H groups in total. The Labute approximate surface area is 140 Å². The lowest BCUT2D eigenvalue weighted by Crippen LogP contribution is -2.35.